The molecule has 4 aromatic rings. The summed E-state index contributed by atoms with van der Waals surface area (Å²) in [6.07, 6.45) is 2.07. The van der Waals surface area contributed by atoms with Crippen LogP contribution in [-0.4, -0.2) is 37.8 Å². The Morgan fingerprint density at radius 3 is 2.66 bits per heavy atom. The first kappa shape index (κ1) is 24.5. The van der Waals surface area contributed by atoms with E-state index in [-0.39, 0.29) is 12.2 Å². The summed E-state index contributed by atoms with van der Waals surface area (Å²) in [5.74, 6) is -0.0968. The van der Waals surface area contributed by atoms with Crippen LogP contribution in [0.1, 0.15) is 38.1 Å². The zero-order valence-corrected chi connectivity index (χ0v) is 20.9. The standard InChI is InChI=1S/C26H27ClN4O4/c1-5-9-22(26(33)34-6-2)35-21-12-8-13-30-24(21)28-17(4)23(25(30)32)20-14-16(3)31(29-20)19-11-7-10-18(27)15-19/h7-8,10-15,22H,5-6,9H2,1-4H3/t22-/m1/s1. The quantitative estimate of drug-likeness (QED) is 0.323. The Bertz CT molecular complexity index is 1440. The topological polar surface area (TPSA) is 87.7 Å². The van der Waals surface area contributed by atoms with Crippen molar-refractivity contribution in [2.75, 3.05) is 6.61 Å². The molecule has 3 aromatic heterocycles. The molecular formula is C26H27ClN4O4. The van der Waals surface area contributed by atoms with Crippen molar-refractivity contribution in [1.29, 1.82) is 0 Å². The first-order valence-corrected chi connectivity index (χ1v) is 11.9. The second-order valence-corrected chi connectivity index (χ2v) is 8.59. The Balaban J connectivity index is 1.78. The van der Waals surface area contributed by atoms with Gasteiger partial charge in [0.2, 0.25) is 0 Å². The Morgan fingerprint density at radius 2 is 1.94 bits per heavy atom. The number of fused-ring (bicyclic) bond motifs is 1. The molecule has 0 fully saturated rings. The lowest BCUT2D eigenvalue weighted by molar-refractivity contribution is -0.151. The molecule has 1 atom stereocenters. The predicted molar refractivity (Wildman–Crippen MR) is 134 cm³/mol. The second kappa shape index (κ2) is 10.3. The maximum atomic E-state index is 13.6. The summed E-state index contributed by atoms with van der Waals surface area (Å²) < 4.78 is 14.3. The van der Waals surface area contributed by atoms with Crippen LogP contribution >= 0.6 is 11.6 Å². The van der Waals surface area contributed by atoms with E-state index < -0.39 is 12.1 Å². The minimum Gasteiger partial charge on any atom is -0.475 e. The van der Waals surface area contributed by atoms with Crippen molar-refractivity contribution in [1.82, 2.24) is 19.2 Å². The van der Waals surface area contributed by atoms with Gasteiger partial charge in [-0.25, -0.2) is 14.5 Å². The molecule has 0 amide bonds. The van der Waals surface area contributed by atoms with Crippen molar-refractivity contribution in [2.24, 2.45) is 0 Å². The van der Waals surface area contributed by atoms with Crippen LogP contribution in [0.25, 0.3) is 22.6 Å². The fourth-order valence-corrected chi connectivity index (χ4v) is 4.16. The van der Waals surface area contributed by atoms with Gasteiger partial charge in [-0.1, -0.05) is 31.0 Å². The number of nitrogens with zero attached hydrogens (tertiary/aromatic N) is 4. The summed E-state index contributed by atoms with van der Waals surface area (Å²) >= 11 is 6.15. The molecule has 0 spiro atoms. The van der Waals surface area contributed by atoms with Gasteiger partial charge in [-0.2, -0.15) is 5.10 Å². The number of benzene rings is 1. The molecule has 0 aliphatic heterocycles. The van der Waals surface area contributed by atoms with Gasteiger partial charge in [0.1, 0.15) is 5.69 Å². The highest BCUT2D eigenvalue weighted by atomic mass is 35.5. The number of carbonyl (C=O) groups excluding carboxylic acids is 1. The molecule has 0 N–H and O–H groups in total. The molecule has 0 saturated carbocycles. The van der Waals surface area contributed by atoms with Crippen LogP contribution in [0.2, 0.25) is 5.02 Å². The molecule has 0 bridgehead atoms. The Kier molecular flexibility index (Phi) is 7.21. The molecule has 4 rings (SSSR count). The highest BCUT2D eigenvalue weighted by molar-refractivity contribution is 6.30. The highest BCUT2D eigenvalue weighted by Gasteiger charge is 2.24. The van der Waals surface area contributed by atoms with E-state index in [0.29, 0.717) is 39.8 Å². The normalized spacial score (nSPS) is 12.0. The molecule has 182 valence electrons. The van der Waals surface area contributed by atoms with Crippen molar-refractivity contribution in [3.05, 3.63) is 75.4 Å². The maximum Gasteiger partial charge on any atom is 0.347 e. The molecule has 3 heterocycles. The van der Waals surface area contributed by atoms with Crippen molar-refractivity contribution in [3.63, 3.8) is 0 Å². The third-order valence-electron chi connectivity index (χ3n) is 5.57. The summed E-state index contributed by atoms with van der Waals surface area (Å²) in [6.45, 7) is 7.64. The lowest BCUT2D eigenvalue weighted by Gasteiger charge is -2.18. The minimum atomic E-state index is -0.779. The second-order valence-electron chi connectivity index (χ2n) is 8.15. The maximum absolute atomic E-state index is 13.6. The number of carbonyl (C=O) groups is 1. The van der Waals surface area contributed by atoms with E-state index in [2.05, 4.69) is 10.1 Å². The van der Waals surface area contributed by atoms with E-state index in [0.717, 1.165) is 17.8 Å². The molecule has 8 nitrogen and oxygen atoms in total. The van der Waals surface area contributed by atoms with Gasteiger partial charge in [0.15, 0.2) is 17.5 Å². The van der Waals surface area contributed by atoms with Crippen LogP contribution in [0.15, 0.2) is 53.5 Å². The van der Waals surface area contributed by atoms with Crippen molar-refractivity contribution < 1.29 is 14.3 Å². The fourth-order valence-electron chi connectivity index (χ4n) is 3.97. The smallest absolute Gasteiger partial charge is 0.347 e. The van der Waals surface area contributed by atoms with Gasteiger partial charge in [0.05, 0.1) is 23.6 Å². The monoisotopic (exact) mass is 494 g/mol. The van der Waals surface area contributed by atoms with E-state index >= 15 is 0 Å². The summed E-state index contributed by atoms with van der Waals surface area (Å²) in [5, 5.41) is 5.27. The van der Waals surface area contributed by atoms with E-state index in [4.69, 9.17) is 21.1 Å². The number of halogens is 1. The van der Waals surface area contributed by atoms with E-state index in [1.54, 1.807) is 42.9 Å². The van der Waals surface area contributed by atoms with E-state index in [1.807, 2.05) is 38.1 Å². The van der Waals surface area contributed by atoms with Crippen LogP contribution in [0.3, 0.4) is 0 Å². The SMILES string of the molecule is CCC[C@@H](Oc1cccn2c(=O)c(-c3cc(C)n(-c4cccc(Cl)c4)n3)c(C)nc12)C(=O)OCC. The van der Waals surface area contributed by atoms with Crippen LogP contribution in [0.4, 0.5) is 0 Å². The summed E-state index contributed by atoms with van der Waals surface area (Å²) in [6, 6.07) is 12.6. The third kappa shape index (κ3) is 4.93. The lowest BCUT2D eigenvalue weighted by atomic mass is 10.1. The van der Waals surface area contributed by atoms with Gasteiger partial charge < -0.3 is 9.47 Å². The minimum absolute atomic E-state index is 0.263. The first-order chi connectivity index (χ1) is 16.8. The number of pyridine rings is 1. The van der Waals surface area contributed by atoms with Gasteiger partial charge in [-0.3, -0.25) is 9.20 Å². The molecule has 0 unspecified atom stereocenters. The Hall–Kier alpha value is -3.65. The third-order valence-corrected chi connectivity index (χ3v) is 5.80. The largest absolute Gasteiger partial charge is 0.475 e. The average molecular weight is 495 g/mol. The van der Waals surface area contributed by atoms with E-state index in [9.17, 15) is 9.59 Å². The van der Waals surface area contributed by atoms with Gasteiger partial charge in [0.25, 0.3) is 5.56 Å². The molecule has 0 aliphatic carbocycles. The molecule has 9 heteroatoms. The molecule has 35 heavy (non-hydrogen) atoms. The lowest BCUT2D eigenvalue weighted by Crippen LogP contribution is -2.30. The summed E-state index contributed by atoms with van der Waals surface area (Å²) in [4.78, 5) is 30.6. The highest BCUT2D eigenvalue weighted by Crippen LogP contribution is 2.25. The number of esters is 1. The number of hydrogen-bond donors (Lipinski definition) is 0. The van der Waals surface area contributed by atoms with Crippen LogP contribution in [0, 0.1) is 13.8 Å². The number of aromatic nitrogens is 4. The average Bonchev–Trinajstić information content (AvgIpc) is 3.20. The summed E-state index contributed by atoms with van der Waals surface area (Å²) in [7, 11) is 0. The van der Waals surface area contributed by atoms with Crippen molar-refractivity contribution in [2.45, 2.75) is 46.6 Å². The zero-order chi connectivity index (χ0) is 25.1. The molecule has 0 saturated heterocycles. The van der Waals surface area contributed by atoms with E-state index in [1.165, 1.54) is 4.40 Å². The van der Waals surface area contributed by atoms with Crippen LogP contribution in [-0.2, 0) is 9.53 Å². The number of hydrogen-bond acceptors (Lipinski definition) is 6. The Labute approximate surface area is 208 Å². The zero-order valence-electron chi connectivity index (χ0n) is 20.1. The fraction of sp³-hybridized carbons (Fsp3) is 0.308. The molecule has 0 aliphatic rings. The Morgan fingerprint density at radius 1 is 1.14 bits per heavy atom. The molecule has 1 aromatic carbocycles. The van der Waals surface area contributed by atoms with Gasteiger partial charge in [-0.05, 0) is 63.6 Å². The molecular weight excluding hydrogens is 468 g/mol. The summed E-state index contributed by atoms with van der Waals surface area (Å²) in [5.41, 5.74) is 3.09. The van der Waals surface area contributed by atoms with Crippen LogP contribution in [0.5, 0.6) is 5.75 Å². The number of rotatable bonds is 8. The van der Waals surface area contributed by atoms with Gasteiger partial charge >= 0.3 is 5.97 Å². The van der Waals surface area contributed by atoms with Gasteiger partial charge in [-0.15, -0.1) is 0 Å². The number of ether oxygens (including phenoxy) is 2. The van der Waals surface area contributed by atoms with Crippen molar-refractivity contribution >= 4 is 23.2 Å². The van der Waals surface area contributed by atoms with Crippen molar-refractivity contribution in [3.8, 4) is 22.7 Å². The predicted octanol–water partition coefficient (Wildman–Crippen LogP) is 4.93. The first-order valence-electron chi connectivity index (χ1n) is 11.5. The molecule has 0 radical (unpaired) electrons. The van der Waals surface area contributed by atoms with Gasteiger partial charge in [0, 0.05) is 16.9 Å². The van der Waals surface area contributed by atoms with Crippen LogP contribution < -0.4 is 10.3 Å². The number of aryl methyl sites for hydroxylation is 2.